The Morgan fingerprint density at radius 1 is 0.438 bits per heavy atom. The maximum atomic E-state index is 2.24. The topological polar surface area (TPSA) is 0 Å². The second kappa shape index (κ2) is 13.2. The van der Waals surface area contributed by atoms with Gasteiger partial charge in [0.1, 0.15) is 0 Å². The molecule has 0 aliphatic rings. The molecule has 0 unspecified atom stereocenters. The van der Waals surface area contributed by atoms with Crippen LogP contribution in [0.25, 0.3) is 43.1 Å². The van der Waals surface area contributed by atoms with Crippen LogP contribution < -0.4 is 9.41 Å². The van der Waals surface area contributed by atoms with E-state index in [1.165, 1.54) is 43.1 Å². The maximum Gasteiger partial charge on any atom is 4.00 e. The summed E-state index contributed by atoms with van der Waals surface area (Å²) in [6.45, 7) is 4.31. The van der Waals surface area contributed by atoms with Gasteiger partial charge in [-0.3, -0.25) is 0 Å². The van der Waals surface area contributed by atoms with E-state index in [4.69, 9.17) is 0 Å². The Bertz CT molecular complexity index is 1160. The zero-order valence-electron chi connectivity index (χ0n) is 18.1. The largest absolute Gasteiger partial charge is 4.00 e. The van der Waals surface area contributed by atoms with Crippen LogP contribution >= 0.6 is 0 Å². The summed E-state index contributed by atoms with van der Waals surface area (Å²) in [6, 6.07) is 38.5. The summed E-state index contributed by atoms with van der Waals surface area (Å²) in [6.07, 6.45) is 0. The molecule has 6 rings (SSSR count). The minimum Gasteiger partial charge on any atom is -1.00 e. The van der Waals surface area contributed by atoms with Gasteiger partial charge in [-0.15, -0.1) is 79.5 Å². The fraction of sp³-hybridized carbons (Fsp3) is 0.0714. The van der Waals surface area contributed by atoms with Crippen LogP contribution in [0.5, 0.6) is 0 Å². The molecule has 158 valence electrons. The molecule has 0 saturated carbocycles. The van der Waals surface area contributed by atoms with Gasteiger partial charge >= 0.3 is 26.2 Å². The number of rotatable bonds is 0. The van der Waals surface area contributed by atoms with Gasteiger partial charge in [-0.05, 0) is 0 Å². The molecule has 0 aliphatic carbocycles. The Morgan fingerprint density at radius 3 is 0.844 bits per heavy atom. The standard InChI is InChI=1S/2C13H9.C2H6Si.2FH.Zr/c2*1-3-7-12-10(5-1)9-11-6-2-4-8-13(11)12;1-3-2;;;/h2*1-9H;1-2H3;2*1H;/q2*-1;;;;+4/p-2. The molecule has 2 radical (unpaired) electrons. The van der Waals surface area contributed by atoms with Crippen molar-refractivity contribution in [3.05, 3.63) is 109 Å². The molecule has 0 atom stereocenters. The molecule has 4 heteroatoms. The third-order valence-corrected chi connectivity index (χ3v) is 5.05. The first-order chi connectivity index (χ1) is 14.3. The Hall–Kier alpha value is -2.42. The fourth-order valence-electron chi connectivity index (χ4n) is 3.81. The number of hydrogen-bond donors (Lipinski definition) is 0. The van der Waals surface area contributed by atoms with Gasteiger partial charge in [0.05, 0.1) is 0 Å². The zero-order chi connectivity index (χ0) is 20.1. The van der Waals surface area contributed by atoms with Gasteiger partial charge in [0.2, 0.25) is 0 Å². The van der Waals surface area contributed by atoms with Crippen molar-refractivity contribution in [3.63, 3.8) is 0 Å². The Labute approximate surface area is 209 Å². The van der Waals surface area contributed by atoms with Gasteiger partial charge in [-0.1, -0.05) is 85.9 Å². The Balaban J connectivity index is 0.000000264. The van der Waals surface area contributed by atoms with Gasteiger partial charge < -0.3 is 9.41 Å². The Kier molecular flexibility index (Phi) is 11.4. The molecule has 0 bridgehead atoms. The van der Waals surface area contributed by atoms with Crippen LogP contribution in [0.15, 0.2) is 109 Å². The average Bonchev–Trinajstić information content (AvgIpc) is 3.33. The molecular weight excluding hydrogens is 494 g/mol. The van der Waals surface area contributed by atoms with Crippen molar-refractivity contribution in [1.82, 2.24) is 0 Å². The molecule has 0 aliphatic heterocycles. The van der Waals surface area contributed by atoms with Crippen LogP contribution in [0.3, 0.4) is 0 Å². The van der Waals surface area contributed by atoms with E-state index in [0.29, 0.717) is 0 Å². The monoisotopic (exact) mass is 516 g/mol. The van der Waals surface area contributed by atoms with Gasteiger partial charge in [0, 0.05) is 9.52 Å². The van der Waals surface area contributed by atoms with Crippen molar-refractivity contribution in [2.75, 3.05) is 0 Å². The summed E-state index contributed by atoms with van der Waals surface area (Å²) in [5, 5.41) is 10.8. The first-order valence-corrected chi connectivity index (χ1v) is 12.0. The van der Waals surface area contributed by atoms with Gasteiger partial charge in [0.15, 0.2) is 0 Å². The minimum atomic E-state index is 0. The summed E-state index contributed by atoms with van der Waals surface area (Å²) in [4.78, 5) is 0. The SMILES string of the molecule is C[Si]C.[F-].[F-].[Zr+4].c1ccc2c(c1)[cH-]c1ccccc12.c1ccc2c(c1)[cH-]c1ccccc12. The smallest absolute Gasteiger partial charge is 1.00 e. The number of hydrogen-bond acceptors (Lipinski definition) is 0. The quantitative estimate of drug-likeness (QED) is 0.214. The minimum absolute atomic E-state index is 0. The first-order valence-electron chi connectivity index (χ1n) is 9.96. The molecule has 0 heterocycles. The summed E-state index contributed by atoms with van der Waals surface area (Å²) in [7, 11) is 1.08. The molecule has 0 N–H and O–H groups in total. The van der Waals surface area contributed by atoms with Crippen molar-refractivity contribution in [2.24, 2.45) is 0 Å². The van der Waals surface area contributed by atoms with Crippen molar-refractivity contribution < 1.29 is 35.6 Å². The van der Waals surface area contributed by atoms with E-state index in [2.05, 4.69) is 122 Å². The van der Waals surface area contributed by atoms with E-state index in [-0.39, 0.29) is 35.6 Å². The van der Waals surface area contributed by atoms with Crippen molar-refractivity contribution >= 4 is 52.6 Å². The maximum absolute atomic E-state index is 2.24. The fourth-order valence-corrected chi connectivity index (χ4v) is 3.81. The van der Waals surface area contributed by atoms with E-state index in [0.717, 1.165) is 9.52 Å². The van der Waals surface area contributed by atoms with Crippen LogP contribution in [0.1, 0.15) is 0 Å². The molecule has 6 aromatic rings. The molecule has 0 spiro atoms. The average molecular weight is 518 g/mol. The third kappa shape index (κ3) is 5.88. The van der Waals surface area contributed by atoms with Crippen LogP contribution in [-0.4, -0.2) is 9.52 Å². The van der Waals surface area contributed by atoms with E-state index < -0.39 is 0 Å². The molecule has 0 fully saturated rings. The van der Waals surface area contributed by atoms with Crippen LogP contribution in [-0.2, 0) is 26.2 Å². The summed E-state index contributed by atoms with van der Waals surface area (Å²) in [5.41, 5.74) is 0. The zero-order valence-corrected chi connectivity index (χ0v) is 21.6. The third-order valence-electron chi connectivity index (χ3n) is 5.05. The second-order valence-corrected chi connectivity index (χ2v) is 8.14. The molecule has 0 aromatic heterocycles. The summed E-state index contributed by atoms with van der Waals surface area (Å²) in [5.74, 6) is 0. The van der Waals surface area contributed by atoms with Crippen molar-refractivity contribution in [2.45, 2.75) is 13.1 Å². The van der Waals surface area contributed by atoms with Gasteiger partial charge in [0.25, 0.3) is 0 Å². The van der Waals surface area contributed by atoms with E-state index in [1.54, 1.807) is 0 Å². The predicted octanol–water partition coefficient (Wildman–Crippen LogP) is 2.22. The molecule has 32 heavy (non-hydrogen) atoms. The summed E-state index contributed by atoms with van der Waals surface area (Å²) >= 11 is 0. The summed E-state index contributed by atoms with van der Waals surface area (Å²) < 4.78 is 0. The Morgan fingerprint density at radius 2 is 0.625 bits per heavy atom. The number of halogens is 2. The normalized spacial score (nSPS) is 9.56. The van der Waals surface area contributed by atoms with Crippen LogP contribution in [0.2, 0.25) is 13.1 Å². The van der Waals surface area contributed by atoms with Crippen molar-refractivity contribution in [3.8, 4) is 0 Å². The van der Waals surface area contributed by atoms with Gasteiger partial charge in [-0.25, -0.2) is 0 Å². The molecule has 6 aromatic carbocycles. The van der Waals surface area contributed by atoms with E-state index >= 15 is 0 Å². The predicted molar refractivity (Wildman–Crippen MR) is 132 cm³/mol. The molecule has 0 saturated heterocycles. The van der Waals surface area contributed by atoms with Crippen LogP contribution in [0.4, 0.5) is 0 Å². The first kappa shape index (κ1) is 27.6. The molecule has 0 amide bonds. The van der Waals surface area contributed by atoms with E-state index in [9.17, 15) is 0 Å². The van der Waals surface area contributed by atoms with Gasteiger partial charge in [-0.2, -0.15) is 0 Å². The van der Waals surface area contributed by atoms with Crippen LogP contribution in [0, 0.1) is 0 Å². The number of fused-ring (bicyclic) bond motifs is 6. The molecule has 0 nitrogen and oxygen atoms in total. The van der Waals surface area contributed by atoms with Crippen molar-refractivity contribution in [1.29, 1.82) is 0 Å². The van der Waals surface area contributed by atoms with E-state index in [1.807, 2.05) is 0 Å². The second-order valence-electron chi connectivity index (χ2n) is 7.14. The molecular formula is C28H24F2SiZr. The number of benzene rings is 4.